The lowest BCUT2D eigenvalue weighted by atomic mass is 9.92. The standard InChI is InChI=1S/C49H27NO2/c51-49-39-15-6-5-13-36(39)43-26-31(30-19-22-47-42(25-30)38-14-7-8-16-46(38)52-47)27-44-41-24-29(18-21-45(41)50(49)48(43)44)28-17-20-37-34-11-2-1-9-32(34)33-10-3-4-12-35(33)40(37)23-28/h1-27H. The predicted octanol–water partition coefficient (Wildman–Crippen LogP) is 12.9. The van der Waals surface area contributed by atoms with Crippen LogP contribution in [0, 0.1) is 0 Å². The monoisotopic (exact) mass is 661 g/mol. The van der Waals surface area contributed by atoms with E-state index in [1.54, 1.807) is 0 Å². The Hall–Kier alpha value is -6.97. The lowest BCUT2D eigenvalue weighted by Gasteiger charge is -2.12. The lowest BCUT2D eigenvalue weighted by molar-refractivity contribution is 0.669. The zero-order valence-electron chi connectivity index (χ0n) is 27.9. The Labute approximate surface area is 296 Å². The first-order chi connectivity index (χ1) is 25.7. The molecule has 0 saturated carbocycles. The van der Waals surface area contributed by atoms with Gasteiger partial charge in [-0.1, -0.05) is 109 Å². The molecule has 240 valence electrons. The van der Waals surface area contributed by atoms with Crippen LogP contribution in [-0.4, -0.2) is 4.40 Å². The number of furan rings is 1. The van der Waals surface area contributed by atoms with Gasteiger partial charge in [-0.25, -0.2) is 0 Å². The van der Waals surface area contributed by atoms with Crippen molar-refractivity contribution in [2.45, 2.75) is 0 Å². The van der Waals surface area contributed by atoms with Gasteiger partial charge in [0.25, 0.3) is 5.56 Å². The van der Waals surface area contributed by atoms with Crippen LogP contribution in [0.4, 0.5) is 0 Å². The summed E-state index contributed by atoms with van der Waals surface area (Å²) in [4.78, 5) is 14.3. The van der Waals surface area contributed by atoms with Crippen molar-refractivity contribution in [3.8, 4) is 22.3 Å². The number of benzene rings is 9. The second-order valence-corrected chi connectivity index (χ2v) is 14.0. The van der Waals surface area contributed by atoms with E-state index in [1.165, 1.54) is 32.3 Å². The maximum Gasteiger partial charge on any atom is 0.263 e. The Kier molecular flexibility index (Phi) is 5.38. The van der Waals surface area contributed by atoms with E-state index in [0.29, 0.717) is 0 Å². The highest BCUT2D eigenvalue weighted by Crippen LogP contribution is 2.42. The molecule has 0 N–H and O–H groups in total. The normalized spacial score (nSPS) is 12.3. The molecule has 9 aromatic carbocycles. The summed E-state index contributed by atoms with van der Waals surface area (Å²) in [5.41, 5.74) is 8.14. The molecule has 3 heterocycles. The number of pyridine rings is 1. The van der Waals surface area contributed by atoms with E-state index in [0.717, 1.165) is 82.2 Å². The number of hydrogen-bond acceptors (Lipinski definition) is 2. The zero-order chi connectivity index (χ0) is 34.1. The van der Waals surface area contributed by atoms with Gasteiger partial charge in [0.1, 0.15) is 11.2 Å². The van der Waals surface area contributed by atoms with Crippen LogP contribution in [-0.2, 0) is 0 Å². The van der Waals surface area contributed by atoms with Gasteiger partial charge in [-0.3, -0.25) is 9.20 Å². The summed E-state index contributed by atoms with van der Waals surface area (Å²) in [6, 6.07) is 58.0. The van der Waals surface area contributed by atoms with Gasteiger partial charge in [-0.2, -0.15) is 0 Å². The topological polar surface area (TPSA) is 34.6 Å². The number of nitrogens with zero attached hydrogens (tertiary/aromatic N) is 1. The number of aromatic nitrogens is 1. The maximum atomic E-state index is 14.3. The van der Waals surface area contributed by atoms with Gasteiger partial charge in [-0.05, 0) is 115 Å². The van der Waals surface area contributed by atoms with E-state index in [-0.39, 0.29) is 5.56 Å². The third-order valence-corrected chi connectivity index (χ3v) is 11.3. The highest BCUT2D eigenvalue weighted by atomic mass is 16.3. The summed E-state index contributed by atoms with van der Waals surface area (Å²) in [6.07, 6.45) is 0. The molecule has 3 nitrogen and oxygen atoms in total. The van der Waals surface area contributed by atoms with Crippen molar-refractivity contribution in [2.75, 3.05) is 0 Å². The largest absolute Gasteiger partial charge is 0.456 e. The third kappa shape index (κ3) is 3.66. The summed E-state index contributed by atoms with van der Waals surface area (Å²) >= 11 is 0. The van der Waals surface area contributed by atoms with Crippen LogP contribution in [0.2, 0.25) is 0 Å². The first kappa shape index (κ1) is 27.8. The molecule has 0 saturated heterocycles. The van der Waals surface area contributed by atoms with Crippen LogP contribution in [0.25, 0.3) is 114 Å². The van der Waals surface area contributed by atoms with Gasteiger partial charge < -0.3 is 4.42 Å². The van der Waals surface area contributed by atoms with Crippen LogP contribution in [0.5, 0.6) is 0 Å². The fourth-order valence-corrected chi connectivity index (χ4v) is 8.93. The molecule has 0 radical (unpaired) electrons. The maximum absolute atomic E-state index is 14.3. The predicted molar refractivity (Wildman–Crippen MR) is 218 cm³/mol. The molecule has 0 aliphatic heterocycles. The van der Waals surface area contributed by atoms with Gasteiger partial charge in [0.15, 0.2) is 0 Å². The Morgan fingerprint density at radius 3 is 1.48 bits per heavy atom. The summed E-state index contributed by atoms with van der Waals surface area (Å²) in [5.74, 6) is 0. The molecule has 52 heavy (non-hydrogen) atoms. The molecule has 0 fully saturated rings. The van der Waals surface area contributed by atoms with Crippen molar-refractivity contribution in [1.82, 2.24) is 4.40 Å². The number of para-hydroxylation sites is 1. The van der Waals surface area contributed by atoms with E-state index in [9.17, 15) is 4.79 Å². The van der Waals surface area contributed by atoms with E-state index in [2.05, 4.69) is 133 Å². The van der Waals surface area contributed by atoms with E-state index < -0.39 is 0 Å². The average Bonchev–Trinajstić information content (AvgIpc) is 3.75. The van der Waals surface area contributed by atoms with Crippen molar-refractivity contribution < 1.29 is 4.42 Å². The van der Waals surface area contributed by atoms with Crippen LogP contribution >= 0.6 is 0 Å². The zero-order valence-corrected chi connectivity index (χ0v) is 27.9. The van der Waals surface area contributed by atoms with Gasteiger partial charge in [0, 0.05) is 32.3 Å². The van der Waals surface area contributed by atoms with Crippen molar-refractivity contribution in [2.24, 2.45) is 0 Å². The fourth-order valence-electron chi connectivity index (χ4n) is 8.93. The van der Waals surface area contributed by atoms with E-state index in [4.69, 9.17) is 4.42 Å². The highest BCUT2D eigenvalue weighted by Gasteiger charge is 2.20. The van der Waals surface area contributed by atoms with Crippen molar-refractivity contribution in [3.05, 3.63) is 174 Å². The molecule has 3 heteroatoms. The second-order valence-electron chi connectivity index (χ2n) is 14.0. The average molecular weight is 662 g/mol. The SMILES string of the molecule is O=c1c2ccccc2c2cc(-c3ccc4oc5ccccc5c4c3)cc3c4cc(-c5ccc6c7ccccc7c7ccccc7c6c5)ccc4n1c23. The first-order valence-corrected chi connectivity index (χ1v) is 17.7. The van der Waals surface area contributed by atoms with E-state index in [1.807, 2.05) is 34.7 Å². The minimum absolute atomic E-state index is 0.0129. The number of fused-ring (bicyclic) bond motifs is 14. The van der Waals surface area contributed by atoms with Crippen LogP contribution in [0.1, 0.15) is 0 Å². The minimum Gasteiger partial charge on any atom is -0.456 e. The molecule has 3 aromatic heterocycles. The summed E-state index contributed by atoms with van der Waals surface area (Å²) < 4.78 is 8.11. The Morgan fingerprint density at radius 2 is 0.769 bits per heavy atom. The molecule has 0 aliphatic carbocycles. The third-order valence-electron chi connectivity index (χ3n) is 11.3. The fraction of sp³-hybridized carbons (Fsp3) is 0. The smallest absolute Gasteiger partial charge is 0.263 e. The molecule has 12 rings (SSSR count). The Balaban J connectivity index is 1.15. The first-order valence-electron chi connectivity index (χ1n) is 17.7. The molecule has 0 aliphatic rings. The summed E-state index contributed by atoms with van der Waals surface area (Å²) in [5, 5.41) is 14.6. The van der Waals surface area contributed by atoms with E-state index >= 15 is 0 Å². The molecule has 0 unspecified atom stereocenters. The second kappa shape index (κ2) is 10.1. The Morgan fingerprint density at radius 1 is 0.327 bits per heavy atom. The summed E-state index contributed by atoms with van der Waals surface area (Å²) in [7, 11) is 0. The lowest BCUT2D eigenvalue weighted by Crippen LogP contribution is -2.12. The van der Waals surface area contributed by atoms with Gasteiger partial charge in [0.05, 0.1) is 11.0 Å². The molecule has 0 bridgehead atoms. The molecule has 0 amide bonds. The van der Waals surface area contributed by atoms with Crippen LogP contribution < -0.4 is 5.56 Å². The molecular formula is C49H27NO2. The molecule has 0 spiro atoms. The van der Waals surface area contributed by atoms with Crippen LogP contribution in [0.3, 0.4) is 0 Å². The van der Waals surface area contributed by atoms with Crippen molar-refractivity contribution in [3.63, 3.8) is 0 Å². The van der Waals surface area contributed by atoms with Gasteiger partial charge in [0.2, 0.25) is 0 Å². The number of rotatable bonds is 2. The van der Waals surface area contributed by atoms with Crippen molar-refractivity contribution >= 4 is 92.2 Å². The highest BCUT2D eigenvalue weighted by molar-refractivity contribution is 6.26. The van der Waals surface area contributed by atoms with Crippen LogP contribution in [0.15, 0.2) is 173 Å². The molecular weight excluding hydrogens is 635 g/mol. The number of hydrogen-bond donors (Lipinski definition) is 0. The van der Waals surface area contributed by atoms with Gasteiger partial charge in [-0.15, -0.1) is 0 Å². The Bertz CT molecular complexity index is 3510. The quantitative estimate of drug-likeness (QED) is 0.173. The summed E-state index contributed by atoms with van der Waals surface area (Å²) in [6.45, 7) is 0. The molecule has 0 atom stereocenters. The van der Waals surface area contributed by atoms with Crippen molar-refractivity contribution in [1.29, 1.82) is 0 Å². The molecule has 12 aromatic rings. The van der Waals surface area contributed by atoms with Gasteiger partial charge >= 0.3 is 0 Å². The minimum atomic E-state index is 0.0129.